The molecule has 0 saturated carbocycles. The van der Waals surface area contributed by atoms with Crippen molar-refractivity contribution in [1.82, 2.24) is 15.1 Å². The van der Waals surface area contributed by atoms with E-state index in [2.05, 4.69) is 10.4 Å². The van der Waals surface area contributed by atoms with Crippen molar-refractivity contribution in [2.75, 3.05) is 0 Å². The molecule has 0 aliphatic carbocycles. The number of nitrogens with zero attached hydrogens (tertiary/aromatic N) is 2. The van der Waals surface area contributed by atoms with Gasteiger partial charge in [-0.1, -0.05) is 31.5 Å². The number of hydrogen-bond donors (Lipinski definition) is 2. The Kier molecular flexibility index (Phi) is 4.16. The van der Waals surface area contributed by atoms with Gasteiger partial charge in [0.2, 0.25) is 0 Å². The van der Waals surface area contributed by atoms with E-state index in [0.717, 1.165) is 23.0 Å². The number of hydrogen-bond acceptors (Lipinski definition) is 3. The first-order chi connectivity index (χ1) is 9.13. The molecule has 2 rings (SSSR count). The van der Waals surface area contributed by atoms with Crippen molar-refractivity contribution in [3.8, 4) is 0 Å². The molecule has 1 atom stereocenters. The summed E-state index contributed by atoms with van der Waals surface area (Å²) < 4.78 is 1.82. The lowest BCUT2D eigenvalue weighted by Gasteiger charge is -2.12. The van der Waals surface area contributed by atoms with Crippen LogP contribution in [0.4, 0.5) is 0 Å². The third-order valence-electron chi connectivity index (χ3n) is 3.23. The standard InChI is InChI=1S/C14H19N3O2/c1-3-6-11(14(18)19)15-9-12-10-7-4-5-8-13(10)17(2)16-12/h4-5,7-8,11,15H,3,6,9H2,1-2H3,(H,18,19). The second-order valence-corrected chi connectivity index (χ2v) is 4.65. The van der Waals surface area contributed by atoms with E-state index in [1.807, 2.05) is 42.9 Å². The van der Waals surface area contributed by atoms with Gasteiger partial charge in [-0.2, -0.15) is 5.10 Å². The highest BCUT2D eigenvalue weighted by Crippen LogP contribution is 2.17. The van der Waals surface area contributed by atoms with Crippen LogP contribution in [0, 0.1) is 0 Å². The third-order valence-corrected chi connectivity index (χ3v) is 3.23. The maximum Gasteiger partial charge on any atom is 0.320 e. The van der Waals surface area contributed by atoms with Crippen LogP contribution in [0.25, 0.3) is 10.9 Å². The summed E-state index contributed by atoms with van der Waals surface area (Å²) in [5.41, 5.74) is 1.95. The second-order valence-electron chi connectivity index (χ2n) is 4.65. The van der Waals surface area contributed by atoms with Crippen LogP contribution in [0.15, 0.2) is 24.3 Å². The molecule has 0 spiro atoms. The van der Waals surface area contributed by atoms with Crippen LogP contribution in [-0.2, 0) is 18.4 Å². The maximum atomic E-state index is 11.1. The number of carboxylic acids is 1. The minimum absolute atomic E-state index is 0.471. The summed E-state index contributed by atoms with van der Waals surface area (Å²) in [5, 5.41) is 17.7. The van der Waals surface area contributed by atoms with Crippen LogP contribution in [0.3, 0.4) is 0 Å². The Morgan fingerprint density at radius 1 is 1.47 bits per heavy atom. The lowest BCUT2D eigenvalue weighted by molar-refractivity contribution is -0.139. The molecule has 1 unspecified atom stereocenters. The van der Waals surface area contributed by atoms with Crippen LogP contribution >= 0.6 is 0 Å². The zero-order chi connectivity index (χ0) is 13.8. The summed E-state index contributed by atoms with van der Waals surface area (Å²) in [5.74, 6) is -0.804. The molecule has 0 radical (unpaired) electrons. The molecule has 0 fully saturated rings. The Hall–Kier alpha value is -1.88. The topological polar surface area (TPSA) is 67.2 Å². The Morgan fingerprint density at radius 3 is 2.89 bits per heavy atom. The Balaban J connectivity index is 2.15. The molecule has 5 heteroatoms. The van der Waals surface area contributed by atoms with Gasteiger partial charge in [0.25, 0.3) is 0 Å². The molecule has 1 aromatic carbocycles. The Labute approximate surface area is 112 Å². The molecule has 1 aromatic heterocycles. The quantitative estimate of drug-likeness (QED) is 0.833. The fourth-order valence-electron chi connectivity index (χ4n) is 2.24. The van der Waals surface area contributed by atoms with Gasteiger partial charge in [-0.3, -0.25) is 14.8 Å². The number of aliphatic carboxylic acids is 1. The van der Waals surface area contributed by atoms with E-state index >= 15 is 0 Å². The monoisotopic (exact) mass is 261 g/mol. The highest BCUT2D eigenvalue weighted by Gasteiger charge is 2.16. The molecule has 102 valence electrons. The normalized spacial score (nSPS) is 12.7. The minimum Gasteiger partial charge on any atom is -0.480 e. The first kappa shape index (κ1) is 13.5. The molecule has 0 amide bonds. The van der Waals surface area contributed by atoms with Crippen LogP contribution < -0.4 is 5.32 Å². The van der Waals surface area contributed by atoms with E-state index < -0.39 is 12.0 Å². The van der Waals surface area contributed by atoms with Gasteiger partial charge in [0.15, 0.2) is 0 Å². The van der Waals surface area contributed by atoms with Crippen molar-refractivity contribution in [3.05, 3.63) is 30.0 Å². The van der Waals surface area contributed by atoms with E-state index in [-0.39, 0.29) is 0 Å². The lowest BCUT2D eigenvalue weighted by Crippen LogP contribution is -2.36. The number of para-hydroxylation sites is 1. The number of nitrogens with one attached hydrogen (secondary N) is 1. The number of carboxylic acid groups (broad SMARTS) is 1. The summed E-state index contributed by atoms with van der Waals surface area (Å²) in [6.45, 7) is 2.45. The number of rotatable bonds is 6. The van der Waals surface area contributed by atoms with Crippen LogP contribution in [0.1, 0.15) is 25.5 Å². The van der Waals surface area contributed by atoms with Crippen LogP contribution in [0.5, 0.6) is 0 Å². The van der Waals surface area contributed by atoms with E-state index in [4.69, 9.17) is 5.11 Å². The Bertz CT molecular complexity index is 577. The van der Waals surface area contributed by atoms with Crippen molar-refractivity contribution in [3.63, 3.8) is 0 Å². The number of aromatic nitrogens is 2. The van der Waals surface area contributed by atoms with Crippen LogP contribution in [0.2, 0.25) is 0 Å². The van der Waals surface area contributed by atoms with Crippen molar-refractivity contribution in [1.29, 1.82) is 0 Å². The molecular formula is C14H19N3O2. The third kappa shape index (κ3) is 2.93. The average molecular weight is 261 g/mol. The lowest BCUT2D eigenvalue weighted by atomic mass is 10.1. The highest BCUT2D eigenvalue weighted by atomic mass is 16.4. The number of benzene rings is 1. The van der Waals surface area contributed by atoms with Crippen molar-refractivity contribution in [2.45, 2.75) is 32.4 Å². The van der Waals surface area contributed by atoms with E-state index in [1.54, 1.807) is 0 Å². The average Bonchev–Trinajstić information content (AvgIpc) is 2.72. The van der Waals surface area contributed by atoms with Gasteiger partial charge < -0.3 is 5.11 Å². The molecule has 0 saturated heterocycles. The van der Waals surface area contributed by atoms with Crippen LogP contribution in [-0.4, -0.2) is 26.9 Å². The summed E-state index contributed by atoms with van der Waals surface area (Å²) in [6, 6.07) is 7.44. The minimum atomic E-state index is -0.804. The largest absolute Gasteiger partial charge is 0.480 e. The predicted octanol–water partition coefficient (Wildman–Crippen LogP) is 1.92. The predicted molar refractivity (Wildman–Crippen MR) is 73.9 cm³/mol. The van der Waals surface area contributed by atoms with Crippen molar-refractivity contribution < 1.29 is 9.90 Å². The molecule has 19 heavy (non-hydrogen) atoms. The summed E-state index contributed by atoms with van der Waals surface area (Å²) >= 11 is 0. The molecule has 0 aliphatic rings. The number of fused-ring (bicyclic) bond motifs is 1. The van der Waals surface area contributed by atoms with Crippen molar-refractivity contribution >= 4 is 16.9 Å². The molecule has 2 N–H and O–H groups in total. The summed E-state index contributed by atoms with van der Waals surface area (Å²) in [7, 11) is 1.90. The highest BCUT2D eigenvalue weighted by molar-refractivity contribution is 5.82. The smallest absolute Gasteiger partial charge is 0.320 e. The Morgan fingerprint density at radius 2 is 2.21 bits per heavy atom. The summed E-state index contributed by atoms with van der Waals surface area (Å²) in [6.07, 6.45) is 1.47. The van der Waals surface area contributed by atoms with E-state index in [9.17, 15) is 4.79 Å². The molecule has 1 heterocycles. The first-order valence-corrected chi connectivity index (χ1v) is 6.50. The van der Waals surface area contributed by atoms with Gasteiger partial charge in [0, 0.05) is 19.0 Å². The fraction of sp³-hybridized carbons (Fsp3) is 0.429. The van der Waals surface area contributed by atoms with Gasteiger partial charge in [-0.05, 0) is 12.5 Å². The molecule has 0 aliphatic heterocycles. The summed E-state index contributed by atoms with van der Waals surface area (Å²) in [4.78, 5) is 11.1. The van der Waals surface area contributed by atoms with Gasteiger partial charge >= 0.3 is 5.97 Å². The zero-order valence-corrected chi connectivity index (χ0v) is 11.3. The SMILES string of the molecule is CCCC(NCc1nn(C)c2ccccc12)C(=O)O. The molecular weight excluding hydrogens is 242 g/mol. The van der Waals surface area contributed by atoms with Crippen molar-refractivity contribution in [2.24, 2.45) is 7.05 Å². The maximum absolute atomic E-state index is 11.1. The van der Waals surface area contributed by atoms with E-state index in [0.29, 0.717) is 13.0 Å². The van der Waals surface area contributed by atoms with Gasteiger partial charge in [-0.25, -0.2) is 0 Å². The zero-order valence-electron chi connectivity index (χ0n) is 11.3. The number of carbonyl (C=O) groups is 1. The first-order valence-electron chi connectivity index (χ1n) is 6.50. The molecule has 0 bridgehead atoms. The molecule has 2 aromatic rings. The fourth-order valence-corrected chi connectivity index (χ4v) is 2.24. The van der Waals surface area contributed by atoms with Gasteiger partial charge in [-0.15, -0.1) is 0 Å². The second kappa shape index (κ2) is 5.84. The van der Waals surface area contributed by atoms with Gasteiger partial charge in [0.05, 0.1) is 11.2 Å². The van der Waals surface area contributed by atoms with E-state index in [1.165, 1.54) is 0 Å². The van der Waals surface area contributed by atoms with Gasteiger partial charge in [0.1, 0.15) is 6.04 Å². The molecule has 5 nitrogen and oxygen atoms in total. The number of aryl methyl sites for hydroxylation is 1.